The Hall–Kier alpha value is -2.72. The van der Waals surface area contributed by atoms with E-state index in [1.54, 1.807) is 0 Å². The lowest BCUT2D eigenvalue weighted by molar-refractivity contribution is -0.386. The number of nitrogens with zero attached hydrogens (tertiary/aromatic N) is 1. The third kappa shape index (κ3) is 3.86. The fraction of sp³-hybridized carbons (Fsp3) is 0.143. The van der Waals surface area contributed by atoms with Crippen LogP contribution in [0.25, 0.3) is 0 Å². The van der Waals surface area contributed by atoms with Crippen molar-refractivity contribution in [2.75, 3.05) is 18.9 Å². The molecule has 2 rings (SSSR count). The molecule has 0 saturated heterocycles. The zero-order chi connectivity index (χ0) is 18.8. The highest BCUT2D eigenvalue weighted by Gasteiger charge is 2.23. The normalized spacial score (nSPS) is 11.0. The molecule has 0 aromatic heterocycles. The molecule has 0 unspecified atom stereocenters. The van der Waals surface area contributed by atoms with Gasteiger partial charge >= 0.3 is 5.69 Å². The maximum Gasteiger partial charge on any atom is 0.312 e. The van der Waals surface area contributed by atoms with Crippen molar-refractivity contribution >= 4 is 33.0 Å². The third-order valence-electron chi connectivity index (χ3n) is 3.17. The summed E-state index contributed by atoms with van der Waals surface area (Å²) in [6.45, 7) is 0. The van der Waals surface area contributed by atoms with Crippen LogP contribution in [-0.2, 0) is 10.0 Å². The lowest BCUT2D eigenvalue weighted by Gasteiger charge is -2.14. The van der Waals surface area contributed by atoms with Crippen LogP contribution in [0.15, 0.2) is 35.2 Å². The van der Waals surface area contributed by atoms with Crippen molar-refractivity contribution in [1.82, 2.24) is 0 Å². The number of phenols is 1. The topological polar surface area (TPSA) is 128 Å². The van der Waals surface area contributed by atoms with Gasteiger partial charge in [0.2, 0.25) is 0 Å². The average molecular weight is 389 g/mol. The van der Waals surface area contributed by atoms with Crippen molar-refractivity contribution in [3.63, 3.8) is 0 Å². The zero-order valence-corrected chi connectivity index (χ0v) is 14.6. The zero-order valence-electron chi connectivity index (χ0n) is 13.0. The van der Waals surface area contributed by atoms with E-state index in [2.05, 4.69) is 4.72 Å². The highest BCUT2D eigenvalue weighted by atomic mass is 35.5. The monoisotopic (exact) mass is 388 g/mol. The van der Waals surface area contributed by atoms with Gasteiger partial charge in [-0.3, -0.25) is 14.8 Å². The fourth-order valence-electron chi connectivity index (χ4n) is 1.96. The highest BCUT2D eigenvalue weighted by molar-refractivity contribution is 7.92. The second kappa shape index (κ2) is 7.03. The Morgan fingerprint density at radius 2 is 1.80 bits per heavy atom. The van der Waals surface area contributed by atoms with Gasteiger partial charge in [-0.05, 0) is 18.2 Å². The van der Waals surface area contributed by atoms with Crippen LogP contribution >= 0.6 is 11.6 Å². The van der Waals surface area contributed by atoms with Crippen LogP contribution in [-0.4, -0.2) is 32.7 Å². The van der Waals surface area contributed by atoms with Crippen LogP contribution < -0.4 is 14.2 Å². The largest absolute Gasteiger partial charge is 0.502 e. The summed E-state index contributed by atoms with van der Waals surface area (Å²) in [4.78, 5) is 9.55. The van der Waals surface area contributed by atoms with Crippen molar-refractivity contribution in [2.24, 2.45) is 0 Å². The summed E-state index contributed by atoms with van der Waals surface area (Å²) in [6.07, 6.45) is 0. The van der Waals surface area contributed by atoms with Crippen molar-refractivity contribution in [2.45, 2.75) is 4.90 Å². The molecule has 0 saturated carbocycles. The number of sulfonamides is 1. The lowest BCUT2D eigenvalue weighted by atomic mass is 10.3. The predicted octanol–water partition coefficient (Wildman–Crippen LogP) is 2.77. The van der Waals surface area contributed by atoms with E-state index in [1.165, 1.54) is 26.4 Å². The van der Waals surface area contributed by atoms with E-state index in [-0.39, 0.29) is 22.2 Å². The van der Waals surface area contributed by atoms with E-state index in [4.69, 9.17) is 21.1 Å². The van der Waals surface area contributed by atoms with E-state index < -0.39 is 31.3 Å². The Kier molecular flexibility index (Phi) is 5.24. The first-order chi connectivity index (χ1) is 11.7. The molecule has 11 heteroatoms. The molecule has 25 heavy (non-hydrogen) atoms. The number of nitro groups is 1. The molecule has 0 spiro atoms. The average Bonchev–Trinajstić information content (AvgIpc) is 2.54. The molecule has 0 aliphatic rings. The molecule has 0 bridgehead atoms. The maximum absolute atomic E-state index is 12.5. The summed E-state index contributed by atoms with van der Waals surface area (Å²) in [5, 5.41) is 20.4. The van der Waals surface area contributed by atoms with Gasteiger partial charge in [0.1, 0.15) is 11.5 Å². The Morgan fingerprint density at radius 1 is 1.16 bits per heavy atom. The van der Waals surface area contributed by atoms with E-state index in [0.717, 1.165) is 18.2 Å². The molecule has 0 atom stereocenters. The second-order valence-electron chi connectivity index (χ2n) is 4.70. The van der Waals surface area contributed by atoms with E-state index in [0.29, 0.717) is 0 Å². The van der Waals surface area contributed by atoms with Crippen LogP contribution in [0.1, 0.15) is 0 Å². The summed E-state index contributed by atoms with van der Waals surface area (Å²) in [7, 11) is -1.49. The smallest absolute Gasteiger partial charge is 0.312 e. The molecule has 0 aliphatic heterocycles. The third-order valence-corrected chi connectivity index (χ3v) is 4.83. The molecule has 9 nitrogen and oxygen atoms in total. The number of hydrogen-bond acceptors (Lipinski definition) is 7. The lowest BCUT2D eigenvalue weighted by Crippen LogP contribution is -2.14. The number of halogens is 1. The van der Waals surface area contributed by atoms with E-state index >= 15 is 0 Å². The number of phenolic OH excluding ortho intramolecular Hbond substituents is 1. The first-order valence-corrected chi connectivity index (χ1v) is 8.47. The standard InChI is InChI=1S/C14H13ClN2O7S/c1-23-13-7-14(24-2)10(6-9(13)15)16-25(21,22)8-3-4-12(18)11(5-8)17(19)20/h3-7,16,18H,1-2H3. The Balaban J connectivity index is 2.48. The maximum atomic E-state index is 12.5. The van der Waals surface area contributed by atoms with Crippen LogP contribution in [0.3, 0.4) is 0 Å². The number of benzene rings is 2. The predicted molar refractivity (Wildman–Crippen MR) is 90.1 cm³/mol. The molecule has 2 N–H and O–H groups in total. The Morgan fingerprint density at radius 3 is 2.36 bits per heavy atom. The van der Waals surface area contributed by atoms with Gasteiger partial charge in [0.05, 0.1) is 34.7 Å². The number of ether oxygens (including phenoxy) is 2. The van der Waals surface area contributed by atoms with Gasteiger partial charge in [-0.15, -0.1) is 0 Å². The molecule has 0 heterocycles. The second-order valence-corrected chi connectivity index (χ2v) is 6.79. The number of rotatable bonds is 6. The number of methoxy groups -OCH3 is 2. The number of anilines is 1. The Labute approximate surface area is 148 Å². The molecule has 0 aliphatic carbocycles. The summed E-state index contributed by atoms with van der Waals surface area (Å²) >= 11 is 5.98. The van der Waals surface area contributed by atoms with Crippen LogP contribution in [0, 0.1) is 10.1 Å². The first-order valence-electron chi connectivity index (χ1n) is 6.61. The SMILES string of the molecule is COc1cc(OC)c(NS(=O)(=O)c2ccc(O)c([N+](=O)[O-])c2)cc1Cl. The molecule has 0 radical (unpaired) electrons. The van der Waals surface area contributed by atoms with E-state index in [1.807, 2.05) is 0 Å². The van der Waals surface area contributed by atoms with Crippen molar-refractivity contribution in [1.29, 1.82) is 0 Å². The van der Waals surface area contributed by atoms with Crippen molar-refractivity contribution < 1.29 is 27.9 Å². The van der Waals surface area contributed by atoms with Crippen molar-refractivity contribution in [3.8, 4) is 17.2 Å². The van der Waals surface area contributed by atoms with Gasteiger partial charge in [-0.1, -0.05) is 11.6 Å². The number of nitro benzene ring substituents is 1. The minimum Gasteiger partial charge on any atom is -0.502 e. The molecule has 0 fully saturated rings. The highest BCUT2D eigenvalue weighted by Crippen LogP contribution is 2.37. The Bertz CT molecular complexity index is 931. The minimum atomic E-state index is -4.20. The van der Waals surface area contributed by atoms with Crippen molar-refractivity contribution in [3.05, 3.63) is 45.5 Å². The van der Waals surface area contributed by atoms with Crippen LogP contribution in [0.2, 0.25) is 5.02 Å². The van der Waals surface area contributed by atoms with Gasteiger partial charge in [0.25, 0.3) is 10.0 Å². The summed E-state index contributed by atoms with van der Waals surface area (Å²) < 4.78 is 37.3. The fourth-order valence-corrected chi connectivity index (χ4v) is 3.28. The van der Waals surface area contributed by atoms with Crippen LogP contribution in [0.5, 0.6) is 17.2 Å². The van der Waals surface area contributed by atoms with Gasteiger partial charge in [0.15, 0.2) is 5.75 Å². The molecular formula is C14H13ClN2O7S. The van der Waals surface area contributed by atoms with Gasteiger partial charge in [0, 0.05) is 12.1 Å². The number of nitrogens with one attached hydrogen (secondary N) is 1. The number of hydrogen-bond donors (Lipinski definition) is 2. The summed E-state index contributed by atoms with van der Waals surface area (Å²) in [6, 6.07) is 5.37. The van der Waals surface area contributed by atoms with Gasteiger partial charge in [-0.25, -0.2) is 8.42 Å². The molecule has 0 amide bonds. The van der Waals surface area contributed by atoms with E-state index in [9.17, 15) is 23.6 Å². The number of aromatic hydroxyl groups is 1. The summed E-state index contributed by atoms with van der Waals surface area (Å²) in [5.41, 5.74) is -0.716. The van der Waals surface area contributed by atoms with Gasteiger partial charge < -0.3 is 14.6 Å². The minimum absolute atomic E-state index is 0.0176. The summed E-state index contributed by atoms with van der Waals surface area (Å²) in [5.74, 6) is -0.228. The molecule has 2 aromatic rings. The molecule has 2 aromatic carbocycles. The first kappa shape index (κ1) is 18.6. The van der Waals surface area contributed by atoms with Crippen LogP contribution in [0.4, 0.5) is 11.4 Å². The molecular weight excluding hydrogens is 376 g/mol. The molecule has 134 valence electrons. The quantitative estimate of drug-likeness (QED) is 0.575. The van der Waals surface area contributed by atoms with Gasteiger partial charge in [-0.2, -0.15) is 0 Å².